The molecule has 0 bridgehead atoms. The molecule has 130 valence electrons. The second-order valence-corrected chi connectivity index (χ2v) is 5.41. The van der Waals surface area contributed by atoms with Crippen molar-refractivity contribution >= 4 is 5.96 Å². The van der Waals surface area contributed by atoms with Crippen LogP contribution < -0.4 is 10.6 Å². The molecule has 0 unspecified atom stereocenters. The average molecular weight is 332 g/mol. The van der Waals surface area contributed by atoms with Crippen molar-refractivity contribution in [2.24, 2.45) is 4.99 Å². The summed E-state index contributed by atoms with van der Waals surface area (Å²) in [5.74, 6) is 1.39. The second kappa shape index (κ2) is 9.05. The molecule has 2 N–H and O–H groups in total. The van der Waals surface area contributed by atoms with Gasteiger partial charge in [0, 0.05) is 25.1 Å². The number of nitrogens with zero attached hydrogens (tertiary/aromatic N) is 2. The third kappa shape index (κ3) is 4.81. The van der Waals surface area contributed by atoms with E-state index in [1.807, 2.05) is 6.92 Å². The zero-order valence-corrected chi connectivity index (χ0v) is 14.5. The molecular weight excluding hydrogens is 307 g/mol. The van der Waals surface area contributed by atoms with Crippen LogP contribution in [0.5, 0.6) is 0 Å². The van der Waals surface area contributed by atoms with Crippen molar-refractivity contribution in [1.29, 1.82) is 0 Å². The van der Waals surface area contributed by atoms with Crippen LogP contribution in [0, 0.1) is 5.82 Å². The standard InChI is InChI=1S/C18H25FN4O/c1-4-16-15(17(5-2)24-23-16)12-22-18(20-6-3)21-11-13-7-9-14(19)10-8-13/h7-10H,4-6,11-12H2,1-3H3,(H2,20,21,22). The molecule has 1 aromatic carbocycles. The van der Waals surface area contributed by atoms with Gasteiger partial charge in [0.25, 0.3) is 0 Å². The lowest BCUT2D eigenvalue weighted by Crippen LogP contribution is -2.37. The van der Waals surface area contributed by atoms with E-state index in [0.717, 1.165) is 42.0 Å². The lowest BCUT2D eigenvalue weighted by atomic mass is 10.1. The van der Waals surface area contributed by atoms with Crippen LogP contribution in [0.3, 0.4) is 0 Å². The van der Waals surface area contributed by atoms with Crippen LogP contribution >= 0.6 is 0 Å². The van der Waals surface area contributed by atoms with E-state index < -0.39 is 0 Å². The maximum atomic E-state index is 13.0. The predicted molar refractivity (Wildman–Crippen MR) is 93.3 cm³/mol. The Bertz CT molecular complexity index is 643. The highest BCUT2D eigenvalue weighted by atomic mass is 19.1. The van der Waals surface area contributed by atoms with Gasteiger partial charge in [-0.2, -0.15) is 0 Å². The molecule has 0 saturated heterocycles. The Hall–Kier alpha value is -2.37. The largest absolute Gasteiger partial charge is 0.361 e. The zero-order valence-electron chi connectivity index (χ0n) is 14.5. The first kappa shape index (κ1) is 18.0. The number of rotatable bonds is 7. The molecule has 0 amide bonds. The zero-order chi connectivity index (χ0) is 17.4. The van der Waals surface area contributed by atoms with Crippen LogP contribution in [-0.2, 0) is 25.9 Å². The van der Waals surface area contributed by atoms with Crippen LogP contribution in [0.15, 0.2) is 33.8 Å². The Morgan fingerprint density at radius 3 is 2.50 bits per heavy atom. The molecule has 0 radical (unpaired) electrons. The van der Waals surface area contributed by atoms with E-state index in [1.54, 1.807) is 12.1 Å². The number of aryl methyl sites for hydroxylation is 2. The summed E-state index contributed by atoms with van der Waals surface area (Å²) in [4.78, 5) is 4.54. The fraction of sp³-hybridized carbons (Fsp3) is 0.444. The highest BCUT2D eigenvalue weighted by Gasteiger charge is 2.13. The summed E-state index contributed by atoms with van der Waals surface area (Å²) in [5, 5.41) is 10.7. The molecule has 0 spiro atoms. The molecule has 1 heterocycles. The van der Waals surface area contributed by atoms with E-state index >= 15 is 0 Å². The van der Waals surface area contributed by atoms with Crippen LogP contribution in [0.1, 0.15) is 43.4 Å². The minimum Gasteiger partial charge on any atom is -0.361 e. The summed E-state index contributed by atoms with van der Waals surface area (Å²) >= 11 is 0. The van der Waals surface area contributed by atoms with Crippen molar-refractivity contribution in [2.45, 2.75) is 46.7 Å². The average Bonchev–Trinajstić information content (AvgIpc) is 3.00. The molecule has 6 heteroatoms. The minimum atomic E-state index is -0.237. The number of aliphatic imine (C=N–C) groups is 1. The summed E-state index contributed by atoms with van der Waals surface area (Å²) < 4.78 is 18.3. The summed E-state index contributed by atoms with van der Waals surface area (Å²) in [5.41, 5.74) is 3.04. The molecule has 5 nitrogen and oxygen atoms in total. The van der Waals surface area contributed by atoms with Crippen molar-refractivity contribution in [1.82, 2.24) is 15.8 Å². The molecule has 0 aliphatic carbocycles. The summed E-state index contributed by atoms with van der Waals surface area (Å²) in [6.07, 6.45) is 1.65. The minimum absolute atomic E-state index is 0.237. The monoisotopic (exact) mass is 332 g/mol. The SMILES string of the molecule is CCNC(=NCc1ccc(F)cc1)NCc1c(CC)noc1CC. The van der Waals surface area contributed by atoms with Gasteiger partial charge in [0.15, 0.2) is 5.96 Å². The smallest absolute Gasteiger partial charge is 0.191 e. The molecule has 0 aliphatic rings. The maximum absolute atomic E-state index is 13.0. The number of halogens is 1. The van der Waals surface area contributed by atoms with Gasteiger partial charge in [0.2, 0.25) is 0 Å². The van der Waals surface area contributed by atoms with Crippen molar-refractivity contribution < 1.29 is 8.91 Å². The van der Waals surface area contributed by atoms with Gasteiger partial charge in [-0.15, -0.1) is 0 Å². The normalized spacial score (nSPS) is 11.6. The number of hydrogen-bond acceptors (Lipinski definition) is 3. The van der Waals surface area contributed by atoms with Crippen LogP contribution in [-0.4, -0.2) is 17.7 Å². The molecule has 0 atom stereocenters. The molecular formula is C18H25FN4O. The first-order chi connectivity index (χ1) is 11.7. The van der Waals surface area contributed by atoms with Crippen LogP contribution in [0.2, 0.25) is 0 Å². The van der Waals surface area contributed by atoms with E-state index in [4.69, 9.17) is 4.52 Å². The highest BCUT2D eigenvalue weighted by molar-refractivity contribution is 5.79. The van der Waals surface area contributed by atoms with Gasteiger partial charge in [0.05, 0.1) is 12.2 Å². The fourth-order valence-electron chi connectivity index (χ4n) is 2.41. The number of nitrogens with one attached hydrogen (secondary N) is 2. The fourth-order valence-corrected chi connectivity index (χ4v) is 2.41. The molecule has 2 aromatic rings. The number of benzene rings is 1. The highest BCUT2D eigenvalue weighted by Crippen LogP contribution is 2.15. The van der Waals surface area contributed by atoms with Crippen molar-refractivity contribution in [3.05, 3.63) is 52.7 Å². The molecule has 2 rings (SSSR count). The number of guanidine groups is 1. The summed E-state index contributed by atoms with van der Waals surface area (Å²) in [6.45, 7) is 8.00. The van der Waals surface area contributed by atoms with Gasteiger partial charge in [0.1, 0.15) is 11.6 Å². The van der Waals surface area contributed by atoms with Gasteiger partial charge in [-0.1, -0.05) is 31.1 Å². The van der Waals surface area contributed by atoms with Gasteiger partial charge < -0.3 is 15.2 Å². The van der Waals surface area contributed by atoms with Gasteiger partial charge >= 0.3 is 0 Å². The Labute approximate surface area is 142 Å². The Balaban J connectivity index is 2.04. The van der Waals surface area contributed by atoms with E-state index in [1.165, 1.54) is 12.1 Å². The second-order valence-electron chi connectivity index (χ2n) is 5.41. The van der Waals surface area contributed by atoms with Gasteiger partial charge in [-0.05, 0) is 31.0 Å². The predicted octanol–water partition coefficient (Wildman–Crippen LogP) is 3.19. The van der Waals surface area contributed by atoms with E-state index in [9.17, 15) is 4.39 Å². The lowest BCUT2D eigenvalue weighted by Gasteiger charge is -2.11. The summed E-state index contributed by atoms with van der Waals surface area (Å²) in [7, 11) is 0. The van der Waals surface area contributed by atoms with Crippen molar-refractivity contribution in [2.75, 3.05) is 6.54 Å². The molecule has 0 aliphatic heterocycles. The number of hydrogen-bond donors (Lipinski definition) is 2. The first-order valence-corrected chi connectivity index (χ1v) is 8.40. The third-order valence-corrected chi connectivity index (χ3v) is 3.72. The quantitative estimate of drug-likeness (QED) is 0.604. The Morgan fingerprint density at radius 2 is 1.88 bits per heavy atom. The van der Waals surface area contributed by atoms with Gasteiger partial charge in [-0.3, -0.25) is 0 Å². The summed E-state index contributed by atoms with van der Waals surface area (Å²) in [6, 6.07) is 6.38. The maximum Gasteiger partial charge on any atom is 0.191 e. The third-order valence-electron chi connectivity index (χ3n) is 3.72. The van der Waals surface area contributed by atoms with Crippen molar-refractivity contribution in [3.63, 3.8) is 0 Å². The van der Waals surface area contributed by atoms with Crippen molar-refractivity contribution in [3.8, 4) is 0 Å². The Kier molecular flexibility index (Phi) is 6.78. The molecule has 24 heavy (non-hydrogen) atoms. The molecule has 0 saturated carbocycles. The van der Waals surface area contributed by atoms with Crippen LogP contribution in [0.25, 0.3) is 0 Å². The first-order valence-electron chi connectivity index (χ1n) is 8.40. The van der Waals surface area contributed by atoms with E-state index in [2.05, 4.69) is 34.6 Å². The number of aromatic nitrogens is 1. The molecule has 1 aromatic heterocycles. The molecule has 0 fully saturated rings. The Morgan fingerprint density at radius 1 is 1.12 bits per heavy atom. The van der Waals surface area contributed by atoms with E-state index in [-0.39, 0.29) is 5.82 Å². The van der Waals surface area contributed by atoms with E-state index in [0.29, 0.717) is 19.0 Å². The van der Waals surface area contributed by atoms with Gasteiger partial charge in [-0.25, -0.2) is 9.38 Å². The van der Waals surface area contributed by atoms with Crippen LogP contribution in [0.4, 0.5) is 4.39 Å². The topological polar surface area (TPSA) is 62.5 Å². The lowest BCUT2D eigenvalue weighted by molar-refractivity contribution is 0.380.